The molecule has 0 fully saturated rings. The lowest BCUT2D eigenvalue weighted by molar-refractivity contribution is -0.111. The minimum atomic E-state index is -0.395. The second-order valence-electron chi connectivity index (χ2n) is 6.77. The zero-order chi connectivity index (χ0) is 17.6. The zero-order valence-corrected chi connectivity index (χ0v) is 15.7. The van der Waals surface area contributed by atoms with Gasteiger partial charge in [0.25, 0.3) is 0 Å². The second kappa shape index (κ2) is 8.29. The summed E-state index contributed by atoms with van der Waals surface area (Å²) in [6, 6.07) is 1.85. The fourth-order valence-corrected chi connectivity index (χ4v) is 3.53. The number of nitrogens with one attached hydrogen (secondary N) is 1. The third-order valence-electron chi connectivity index (χ3n) is 3.21. The number of hydrogen-bond acceptors (Lipinski definition) is 4. The lowest BCUT2D eigenvalue weighted by atomic mass is 9.85. The van der Waals surface area contributed by atoms with Gasteiger partial charge in [0.05, 0.1) is 12.2 Å². The van der Waals surface area contributed by atoms with E-state index in [4.69, 9.17) is 4.74 Å². The number of rotatable bonds is 6. The van der Waals surface area contributed by atoms with Crippen LogP contribution in [0.4, 0.5) is 5.00 Å². The molecule has 1 aromatic heterocycles. The van der Waals surface area contributed by atoms with Crippen molar-refractivity contribution in [3.8, 4) is 0 Å². The van der Waals surface area contributed by atoms with Crippen molar-refractivity contribution in [2.75, 3.05) is 11.9 Å². The minimum Gasteiger partial charge on any atom is -0.462 e. The number of allylic oxidation sites excluding steroid dienone is 1. The van der Waals surface area contributed by atoms with Crippen LogP contribution in [-0.4, -0.2) is 18.5 Å². The average molecular weight is 337 g/mol. The van der Waals surface area contributed by atoms with Crippen LogP contribution in [0, 0.1) is 5.41 Å². The molecule has 0 saturated heterocycles. The van der Waals surface area contributed by atoms with Crippen molar-refractivity contribution in [3.05, 3.63) is 28.7 Å². The highest BCUT2D eigenvalue weighted by molar-refractivity contribution is 7.16. The van der Waals surface area contributed by atoms with Crippen molar-refractivity contribution in [1.82, 2.24) is 0 Å². The lowest BCUT2D eigenvalue weighted by Crippen LogP contribution is -2.11. The molecule has 0 radical (unpaired) electrons. The monoisotopic (exact) mass is 337 g/mol. The fourth-order valence-electron chi connectivity index (χ4n) is 2.43. The summed E-state index contributed by atoms with van der Waals surface area (Å²) in [5, 5.41) is 3.34. The van der Waals surface area contributed by atoms with Gasteiger partial charge in [0.2, 0.25) is 5.91 Å². The van der Waals surface area contributed by atoms with Crippen LogP contribution >= 0.6 is 11.3 Å². The molecule has 1 amide bonds. The number of anilines is 1. The van der Waals surface area contributed by atoms with E-state index in [1.165, 1.54) is 17.4 Å². The Hall–Kier alpha value is -1.62. The van der Waals surface area contributed by atoms with Gasteiger partial charge in [-0.2, -0.15) is 0 Å². The first-order valence-electron chi connectivity index (χ1n) is 7.92. The van der Waals surface area contributed by atoms with Crippen LogP contribution in [0.2, 0.25) is 0 Å². The Labute approximate surface area is 142 Å². The standard InChI is InChI=1S/C18H27NO3S/c1-7-9-15(20)19-16-13(17(21)22-8-2)10-14(23-16)12(3)11-18(4,5)6/h7,9-10,12H,8,11H2,1-6H3,(H,19,20)/b9-7+/t12-/m1/s1. The molecule has 1 heterocycles. The molecule has 0 aliphatic carbocycles. The molecule has 0 spiro atoms. The Bertz CT molecular complexity index is 582. The van der Waals surface area contributed by atoms with Crippen molar-refractivity contribution in [2.24, 2.45) is 5.41 Å². The molecule has 5 heteroatoms. The predicted molar refractivity (Wildman–Crippen MR) is 96.2 cm³/mol. The number of hydrogen-bond donors (Lipinski definition) is 1. The van der Waals surface area contributed by atoms with Crippen LogP contribution in [0.15, 0.2) is 18.2 Å². The fraction of sp³-hybridized carbons (Fsp3) is 0.556. The molecule has 0 saturated carbocycles. The van der Waals surface area contributed by atoms with Gasteiger partial charge in [0.15, 0.2) is 0 Å². The molecule has 1 atom stereocenters. The van der Waals surface area contributed by atoms with Crippen LogP contribution in [0.1, 0.15) is 69.1 Å². The van der Waals surface area contributed by atoms with Crippen LogP contribution in [0.3, 0.4) is 0 Å². The zero-order valence-electron chi connectivity index (χ0n) is 14.9. The van der Waals surface area contributed by atoms with E-state index in [-0.39, 0.29) is 11.3 Å². The topological polar surface area (TPSA) is 55.4 Å². The van der Waals surface area contributed by atoms with E-state index in [0.717, 1.165) is 11.3 Å². The Kier molecular flexibility index (Phi) is 7.01. The van der Waals surface area contributed by atoms with Crippen molar-refractivity contribution in [3.63, 3.8) is 0 Å². The molecule has 1 N–H and O–H groups in total. The lowest BCUT2D eigenvalue weighted by Gasteiger charge is -2.22. The maximum absolute atomic E-state index is 12.1. The summed E-state index contributed by atoms with van der Waals surface area (Å²) in [6.07, 6.45) is 4.10. The Morgan fingerprint density at radius 1 is 1.39 bits per heavy atom. The molecule has 1 aromatic rings. The first-order chi connectivity index (χ1) is 10.7. The van der Waals surface area contributed by atoms with Crippen LogP contribution in [-0.2, 0) is 9.53 Å². The Balaban J connectivity index is 3.10. The van der Waals surface area contributed by atoms with Crippen LogP contribution in [0.5, 0.6) is 0 Å². The van der Waals surface area contributed by atoms with E-state index < -0.39 is 5.97 Å². The number of thiophene rings is 1. The molecule has 0 bridgehead atoms. The van der Waals surface area contributed by atoms with Crippen LogP contribution < -0.4 is 5.32 Å². The first kappa shape index (κ1) is 19.4. The normalized spacial score (nSPS) is 13.1. The molecular formula is C18H27NO3S. The molecule has 0 aromatic carbocycles. The third-order valence-corrected chi connectivity index (χ3v) is 4.49. The van der Waals surface area contributed by atoms with Crippen molar-refractivity contribution >= 4 is 28.2 Å². The van der Waals surface area contributed by atoms with E-state index in [1.54, 1.807) is 19.9 Å². The summed E-state index contributed by atoms with van der Waals surface area (Å²) in [5.41, 5.74) is 0.632. The number of esters is 1. The number of carbonyl (C=O) groups excluding carboxylic acids is 2. The van der Waals surface area contributed by atoms with Gasteiger partial charge in [0.1, 0.15) is 5.00 Å². The molecule has 0 unspecified atom stereocenters. The highest BCUT2D eigenvalue weighted by atomic mass is 32.1. The quantitative estimate of drug-likeness (QED) is 0.588. The largest absolute Gasteiger partial charge is 0.462 e. The van der Waals surface area contributed by atoms with Gasteiger partial charge in [-0.15, -0.1) is 11.3 Å². The summed E-state index contributed by atoms with van der Waals surface area (Å²) in [4.78, 5) is 25.0. The summed E-state index contributed by atoms with van der Waals surface area (Å²) in [6.45, 7) is 12.6. The smallest absolute Gasteiger partial charge is 0.341 e. The minimum absolute atomic E-state index is 0.196. The molecule has 1 rings (SSSR count). The van der Waals surface area contributed by atoms with E-state index >= 15 is 0 Å². The van der Waals surface area contributed by atoms with Gasteiger partial charge in [-0.05, 0) is 43.7 Å². The number of ether oxygens (including phenoxy) is 1. The summed E-state index contributed by atoms with van der Waals surface area (Å²) < 4.78 is 5.10. The highest BCUT2D eigenvalue weighted by Crippen LogP contribution is 2.38. The molecule has 0 aliphatic rings. The SMILES string of the molecule is C/C=C/C(=O)Nc1sc([C@H](C)CC(C)(C)C)cc1C(=O)OCC. The molecule has 128 valence electrons. The number of amides is 1. The van der Waals surface area contributed by atoms with Gasteiger partial charge in [-0.3, -0.25) is 4.79 Å². The second-order valence-corrected chi connectivity index (χ2v) is 7.85. The van der Waals surface area contributed by atoms with Gasteiger partial charge in [-0.25, -0.2) is 4.79 Å². The van der Waals surface area contributed by atoms with Gasteiger partial charge >= 0.3 is 5.97 Å². The third kappa shape index (κ3) is 6.18. The number of carbonyl (C=O) groups is 2. The maximum atomic E-state index is 12.1. The van der Waals surface area contributed by atoms with Crippen molar-refractivity contribution in [1.29, 1.82) is 0 Å². The van der Waals surface area contributed by atoms with Gasteiger partial charge in [-0.1, -0.05) is 33.8 Å². The summed E-state index contributed by atoms with van der Waals surface area (Å²) >= 11 is 1.45. The van der Waals surface area contributed by atoms with E-state index in [0.29, 0.717) is 23.1 Å². The molecule has 23 heavy (non-hydrogen) atoms. The van der Waals surface area contributed by atoms with Gasteiger partial charge in [0, 0.05) is 4.88 Å². The maximum Gasteiger partial charge on any atom is 0.341 e. The van der Waals surface area contributed by atoms with Gasteiger partial charge < -0.3 is 10.1 Å². The summed E-state index contributed by atoms with van der Waals surface area (Å²) in [5.74, 6) is -0.329. The van der Waals surface area contributed by atoms with E-state index in [2.05, 4.69) is 33.0 Å². The Morgan fingerprint density at radius 2 is 2.04 bits per heavy atom. The molecule has 4 nitrogen and oxygen atoms in total. The predicted octanol–water partition coefficient (Wildman–Crippen LogP) is 4.98. The Morgan fingerprint density at radius 3 is 2.57 bits per heavy atom. The highest BCUT2D eigenvalue weighted by Gasteiger charge is 2.23. The van der Waals surface area contributed by atoms with Crippen molar-refractivity contribution in [2.45, 2.75) is 53.9 Å². The van der Waals surface area contributed by atoms with Crippen LogP contribution in [0.25, 0.3) is 0 Å². The first-order valence-corrected chi connectivity index (χ1v) is 8.74. The molecular weight excluding hydrogens is 310 g/mol. The average Bonchev–Trinajstić information content (AvgIpc) is 2.81. The molecule has 0 aliphatic heterocycles. The summed E-state index contributed by atoms with van der Waals surface area (Å²) in [7, 11) is 0. The van der Waals surface area contributed by atoms with E-state index in [9.17, 15) is 9.59 Å². The van der Waals surface area contributed by atoms with E-state index in [1.807, 2.05) is 6.07 Å². The van der Waals surface area contributed by atoms with Crippen molar-refractivity contribution < 1.29 is 14.3 Å².